The van der Waals surface area contributed by atoms with Crippen LogP contribution in [0.4, 0.5) is 0 Å². The molecule has 0 bridgehead atoms. The SMILES string of the molecule is COc1ccc2ccc([C@H](CO)NC(=O)C=Cc3cccc(Cl)c3)cc2c1. The number of fused-ring (bicyclic) bond motifs is 1. The number of methoxy groups -OCH3 is 1. The topological polar surface area (TPSA) is 58.6 Å². The van der Waals surface area contributed by atoms with E-state index in [2.05, 4.69) is 5.32 Å². The number of hydrogen-bond donors (Lipinski definition) is 2. The van der Waals surface area contributed by atoms with E-state index in [4.69, 9.17) is 16.3 Å². The molecular formula is C22H20ClNO3. The van der Waals surface area contributed by atoms with Gasteiger partial charge >= 0.3 is 0 Å². The van der Waals surface area contributed by atoms with Crippen LogP contribution < -0.4 is 10.1 Å². The summed E-state index contributed by atoms with van der Waals surface area (Å²) in [5.74, 6) is 0.466. The van der Waals surface area contributed by atoms with Crippen molar-refractivity contribution < 1.29 is 14.6 Å². The molecule has 0 spiro atoms. The fourth-order valence-corrected chi connectivity index (χ4v) is 3.02. The molecule has 1 atom stereocenters. The van der Waals surface area contributed by atoms with Crippen molar-refractivity contribution in [1.29, 1.82) is 0 Å². The third kappa shape index (κ3) is 4.88. The maximum Gasteiger partial charge on any atom is 0.244 e. The Morgan fingerprint density at radius 3 is 2.70 bits per heavy atom. The molecule has 1 amide bonds. The average Bonchev–Trinajstić information content (AvgIpc) is 2.69. The summed E-state index contributed by atoms with van der Waals surface area (Å²) in [7, 11) is 1.62. The summed E-state index contributed by atoms with van der Waals surface area (Å²) >= 11 is 5.94. The number of halogens is 1. The summed E-state index contributed by atoms with van der Waals surface area (Å²) in [4.78, 5) is 12.2. The summed E-state index contributed by atoms with van der Waals surface area (Å²) in [6.07, 6.45) is 3.11. The van der Waals surface area contributed by atoms with Gasteiger partial charge in [-0.1, -0.05) is 41.9 Å². The molecule has 138 valence electrons. The van der Waals surface area contributed by atoms with Gasteiger partial charge in [0.05, 0.1) is 19.8 Å². The largest absolute Gasteiger partial charge is 0.497 e. The second kappa shape index (κ2) is 8.71. The molecule has 0 fully saturated rings. The van der Waals surface area contributed by atoms with Crippen LogP contribution in [0.5, 0.6) is 5.75 Å². The molecule has 3 aromatic carbocycles. The van der Waals surface area contributed by atoms with Crippen molar-refractivity contribution in [3.8, 4) is 5.75 Å². The molecular weight excluding hydrogens is 362 g/mol. The van der Waals surface area contributed by atoms with Gasteiger partial charge in [-0.15, -0.1) is 0 Å². The summed E-state index contributed by atoms with van der Waals surface area (Å²) in [5.41, 5.74) is 1.65. The first-order chi connectivity index (χ1) is 13.1. The Hall–Kier alpha value is -2.82. The number of benzene rings is 3. The van der Waals surface area contributed by atoms with E-state index in [9.17, 15) is 9.90 Å². The highest BCUT2D eigenvalue weighted by atomic mass is 35.5. The molecule has 0 aliphatic heterocycles. The zero-order valence-electron chi connectivity index (χ0n) is 14.9. The normalized spacial score (nSPS) is 12.3. The maximum absolute atomic E-state index is 12.2. The zero-order chi connectivity index (χ0) is 19.2. The van der Waals surface area contributed by atoms with Crippen LogP contribution in [-0.4, -0.2) is 24.7 Å². The van der Waals surface area contributed by atoms with E-state index < -0.39 is 6.04 Å². The Morgan fingerprint density at radius 2 is 1.96 bits per heavy atom. The third-order valence-electron chi connectivity index (χ3n) is 4.25. The van der Waals surface area contributed by atoms with E-state index in [1.807, 2.05) is 48.5 Å². The van der Waals surface area contributed by atoms with Crippen molar-refractivity contribution in [3.05, 3.63) is 82.9 Å². The fourth-order valence-electron chi connectivity index (χ4n) is 2.82. The van der Waals surface area contributed by atoms with E-state index in [1.54, 1.807) is 25.3 Å². The van der Waals surface area contributed by atoms with Gasteiger partial charge in [-0.05, 0) is 58.3 Å². The van der Waals surface area contributed by atoms with Gasteiger partial charge in [0.2, 0.25) is 5.91 Å². The predicted molar refractivity (Wildman–Crippen MR) is 109 cm³/mol. The molecule has 0 aromatic heterocycles. The van der Waals surface area contributed by atoms with Crippen molar-refractivity contribution in [2.75, 3.05) is 13.7 Å². The quantitative estimate of drug-likeness (QED) is 0.623. The van der Waals surface area contributed by atoms with E-state index in [0.717, 1.165) is 27.6 Å². The summed E-state index contributed by atoms with van der Waals surface area (Å²) in [6.45, 7) is -0.202. The first-order valence-electron chi connectivity index (χ1n) is 8.52. The Morgan fingerprint density at radius 1 is 1.15 bits per heavy atom. The molecule has 0 saturated carbocycles. The lowest BCUT2D eigenvalue weighted by molar-refractivity contribution is -0.117. The van der Waals surface area contributed by atoms with Gasteiger partial charge in [-0.3, -0.25) is 4.79 Å². The average molecular weight is 382 g/mol. The number of amides is 1. The van der Waals surface area contributed by atoms with Gasteiger partial charge in [-0.25, -0.2) is 0 Å². The van der Waals surface area contributed by atoms with Gasteiger partial charge < -0.3 is 15.2 Å². The van der Waals surface area contributed by atoms with Gasteiger partial charge in [0.15, 0.2) is 0 Å². The molecule has 5 heteroatoms. The third-order valence-corrected chi connectivity index (χ3v) is 4.48. The minimum Gasteiger partial charge on any atom is -0.497 e. The van der Waals surface area contributed by atoms with E-state index in [1.165, 1.54) is 6.08 Å². The smallest absolute Gasteiger partial charge is 0.244 e. The van der Waals surface area contributed by atoms with Crippen LogP contribution in [0.1, 0.15) is 17.2 Å². The molecule has 4 nitrogen and oxygen atoms in total. The van der Waals surface area contributed by atoms with Crippen LogP contribution in [0.2, 0.25) is 5.02 Å². The first-order valence-corrected chi connectivity index (χ1v) is 8.89. The Balaban J connectivity index is 1.76. The Kier molecular flexibility index (Phi) is 6.12. The highest BCUT2D eigenvalue weighted by Crippen LogP contribution is 2.24. The van der Waals surface area contributed by atoms with Gasteiger partial charge in [-0.2, -0.15) is 0 Å². The molecule has 0 saturated heterocycles. The molecule has 0 radical (unpaired) electrons. The van der Waals surface area contributed by atoms with E-state index in [0.29, 0.717) is 5.02 Å². The van der Waals surface area contributed by atoms with Gasteiger partial charge in [0.25, 0.3) is 0 Å². The molecule has 27 heavy (non-hydrogen) atoms. The number of hydrogen-bond acceptors (Lipinski definition) is 3. The van der Waals surface area contributed by atoms with Crippen molar-refractivity contribution >= 4 is 34.4 Å². The molecule has 2 N–H and O–H groups in total. The summed E-state index contributed by atoms with van der Waals surface area (Å²) < 4.78 is 5.26. The van der Waals surface area contributed by atoms with E-state index in [-0.39, 0.29) is 12.5 Å². The standard InChI is InChI=1S/C22H20ClNO3/c1-27-20-9-8-16-6-7-17(12-18(16)13-20)21(14-25)24-22(26)10-5-15-3-2-4-19(23)11-15/h2-13,21,25H,14H2,1H3,(H,24,26)/t21-/m0/s1. The molecule has 0 aliphatic rings. The van der Waals surface area contributed by atoms with Crippen molar-refractivity contribution in [2.24, 2.45) is 0 Å². The molecule has 3 rings (SSSR count). The van der Waals surface area contributed by atoms with Crippen molar-refractivity contribution in [1.82, 2.24) is 5.32 Å². The van der Waals surface area contributed by atoms with Gasteiger partial charge in [0, 0.05) is 11.1 Å². The second-order valence-corrected chi connectivity index (χ2v) is 6.54. The van der Waals surface area contributed by atoms with Crippen LogP contribution >= 0.6 is 11.6 Å². The molecule has 3 aromatic rings. The van der Waals surface area contributed by atoms with Crippen LogP contribution in [0.25, 0.3) is 16.8 Å². The lowest BCUT2D eigenvalue weighted by atomic mass is 10.0. The second-order valence-electron chi connectivity index (χ2n) is 6.10. The van der Waals surface area contributed by atoms with Crippen LogP contribution in [-0.2, 0) is 4.79 Å². The monoisotopic (exact) mass is 381 g/mol. The number of carbonyl (C=O) groups is 1. The number of aliphatic hydroxyl groups is 1. The lowest BCUT2D eigenvalue weighted by Gasteiger charge is -2.16. The number of carbonyl (C=O) groups excluding carboxylic acids is 1. The highest BCUT2D eigenvalue weighted by molar-refractivity contribution is 6.30. The van der Waals surface area contributed by atoms with E-state index >= 15 is 0 Å². The Labute approximate surface area is 163 Å². The Bertz CT molecular complexity index is 984. The van der Waals surface area contributed by atoms with Crippen molar-refractivity contribution in [2.45, 2.75) is 6.04 Å². The summed E-state index contributed by atoms with van der Waals surface area (Å²) in [6, 6.07) is 18.3. The lowest BCUT2D eigenvalue weighted by Crippen LogP contribution is -2.29. The van der Waals surface area contributed by atoms with Crippen LogP contribution in [0.3, 0.4) is 0 Å². The summed E-state index contributed by atoms with van der Waals surface area (Å²) in [5, 5.41) is 15.2. The number of nitrogens with one attached hydrogen (secondary N) is 1. The minimum atomic E-state index is -0.503. The number of rotatable bonds is 6. The fraction of sp³-hybridized carbons (Fsp3) is 0.136. The number of aliphatic hydroxyl groups excluding tert-OH is 1. The molecule has 0 heterocycles. The minimum absolute atomic E-state index is 0.202. The maximum atomic E-state index is 12.2. The first kappa shape index (κ1) is 19.0. The van der Waals surface area contributed by atoms with Gasteiger partial charge in [0.1, 0.15) is 5.75 Å². The van der Waals surface area contributed by atoms with Crippen LogP contribution in [0, 0.1) is 0 Å². The van der Waals surface area contributed by atoms with Crippen LogP contribution in [0.15, 0.2) is 66.7 Å². The predicted octanol–water partition coefficient (Wildman–Crippen LogP) is 4.36. The zero-order valence-corrected chi connectivity index (χ0v) is 15.6. The van der Waals surface area contributed by atoms with Crippen molar-refractivity contribution in [3.63, 3.8) is 0 Å². The molecule has 0 unspecified atom stereocenters. The number of ether oxygens (including phenoxy) is 1. The molecule has 0 aliphatic carbocycles. The highest BCUT2D eigenvalue weighted by Gasteiger charge is 2.13.